The highest BCUT2D eigenvalue weighted by Gasteiger charge is 2.19. The van der Waals surface area contributed by atoms with Crippen LogP contribution in [0, 0.1) is 5.92 Å². The molecule has 2 aliphatic rings. The number of rotatable bonds is 7. The van der Waals surface area contributed by atoms with Gasteiger partial charge in [0.05, 0.1) is 10.6 Å². The first-order chi connectivity index (χ1) is 11.7. The number of nitrogens with one attached hydrogen (secondary N) is 1. The van der Waals surface area contributed by atoms with E-state index in [0.29, 0.717) is 6.61 Å². The fourth-order valence-corrected chi connectivity index (χ4v) is 4.17. The lowest BCUT2D eigenvalue weighted by molar-refractivity contribution is 0.0670. The first-order valence-corrected chi connectivity index (χ1v) is 9.92. The Labute approximate surface area is 154 Å². The van der Waals surface area contributed by atoms with Crippen LogP contribution < -0.4 is 10.1 Å². The monoisotopic (exact) mass is 396 g/mol. The average Bonchev–Trinajstić information content (AvgIpc) is 3.08. The lowest BCUT2D eigenvalue weighted by Gasteiger charge is -2.28. The zero-order valence-electron chi connectivity index (χ0n) is 14.6. The maximum absolute atomic E-state index is 6.13. The number of hydrogen-bond donors (Lipinski definition) is 1. The number of benzene rings is 1. The SMILES string of the molecule is CN(Cc1cccc(Br)c1OCC1CCCO1)CC1CCNCC1. The van der Waals surface area contributed by atoms with Crippen LogP contribution in [-0.2, 0) is 11.3 Å². The summed E-state index contributed by atoms with van der Waals surface area (Å²) in [4.78, 5) is 2.43. The smallest absolute Gasteiger partial charge is 0.138 e. The molecule has 24 heavy (non-hydrogen) atoms. The molecule has 0 radical (unpaired) electrons. The first-order valence-electron chi connectivity index (χ1n) is 9.13. The summed E-state index contributed by atoms with van der Waals surface area (Å²) in [6, 6.07) is 6.33. The van der Waals surface area contributed by atoms with Crippen LogP contribution in [0.3, 0.4) is 0 Å². The summed E-state index contributed by atoms with van der Waals surface area (Å²) in [5.74, 6) is 1.78. The van der Waals surface area contributed by atoms with Gasteiger partial charge in [-0.3, -0.25) is 0 Å². The van der Waals surface area contributed by atoms with Crippen LogP contribution in [0.1, 0.15) is 31.2 Å². The van der Waals surface area contributed by atoms with Gasteiger partial charge in [-0.2, -0.15) is 0 Å². The van der Waals surface area contributed by atoms with E-state index >= 15 is 0 Å². The van der Waals surface area contributed by atoms with Gasteiger partial charge in [0.25, 0.3) is 0 Å². The molecule has 3 rings (SSSR count). The minimum absolute atomic E-state index is 0.248. The number of para-hydroxylation sites is 1. The second-order valence-electron chi connectivity index (χ2n) is 7.06. The lowest BCUT2D eigenvalue weighted by atomic mass is 9.97. The van der Waals surface area contributed by atoms with Crippen LogP contribution >= 0.6 is 15.9 Å². The number of piperidine rings is 1. The molecule has 2 saturated heterocycles. The number of halogens is 1. The van der Waals surface area contributed by atoms with Crippen molar-refractivity contribution in [2.75, 3.05) is 39.9 Å². The minimum atomic E-state index is 0.248. The van der Waals surface area contributed by atoms with Crippen molar-refractivity contribution in [1.82, 2.24) is 10.2 Å². The van der Waals surface area contributed by atoms with Gasteiger partial charge in [-0.15, -0.1) is 0 Å². The van der Waals surface area contributed by atoms with Gasteiger partial charge < -0.3 is 19.7 Å². The van der Waals surface area contributed by atoms with Gasteiger partial charge in [-0.05, 0) is 73.7 Å². The van der Waals surface area contributed by atoms with Crippen molar-refractivity contribution in [3.63, 3.8) is 0 Å². The number of hydrogen-bond acceptors (Lipinski definition) is 4. The molecule has 4 nitrogen and oxygen atoms in total. The minimum Gasteiger partial charge on any atom is -0.489 e. The second kappa shape index (κ2) is 9.18. The Balaban J connectivity index is 1.57. The normalized spacial score (nSPS) is 22.2. The first kappa shape index (κ1) is 18.2. The number of nitrogens with zero attached hydrogens (tertiary/aromatic N) is 1. The molecule has 0 bridgehead atoms. The van der Waals surface area contributed by atoms with Gasteiger partial charge in [0.2, 0.25) is 0 Å². The summed E-state index contributed by atoms with van der Waals surface area (Å²) >= 11 is 3.65. The van der Waals surface area contributed by atoms with Gasteiger partial charge in [0.15, 0.2) is 0 Å². The van der Waals surface area contributed by atoms with Gasteiger partial charge >= 0.3 is 0 Å². The van der Waals surface area contributed by atoms with E-state index in [1.54, 1.807) is 0 Å². The summed E-state index contributed by atoms with van der Waals surface area (Å²) in [6.07, 6.45) is 5.07. The third kappa shape index (κ3) is 5.19. The lowest BCUT2D eigenvalue weighted by Crippen LogP contribution is -2.34. The van der Waals surface area contributed by atoms with Gasteiger partial charge in [-0.25, -0.2) is 0 Å². The summed E-state index contributed by atoms with van der Waals surface area (Å²) in [5, 5.41) is 3.44. The fraction of sp³-hybridized carbons (Fsp3) is 0.684. The molecule has 2 fully saturated rings. The molecule has 0 amide bonds. The topological polar surface area (TPSA) is 33.7 Å². The Bertz CT molecular complexity index is 514. The van der Waals surface area contributed by atoms with E-state index in [1.807, 2.05) is 0 Å². The van der Waals surface area contributed by atoms with Crippen molar-refractivity contribution < 1.29 is 9.47 Å². The van der Waals surface area contributed by atoms with Crippen LogP contribution in [-0.4, -0.2) is 50.9 Å². The summed E-state index contributed by atoms with van der Waals surface area (Å²) < 4.78 is 12.8. The predicted molar refractivity (Wildman–Crippen MR) is 101 cm³/mol. The highest BCUT2D eigenvalue weighted by atomic mass is 79.9. The summed E-state index contributed by atoms with van der Waals surface area (Å²) in [6.45, 7) is 5.91. The largest absolute Gasteiger partial charge is 0.489 e. The Hall–Kier alpha value is -0.620. The average molecular weight is 397 g/mol. The van der Waals surface area contributed by atoms with Crippen molar-refractivity contribution in [2.24, 2.45) is 5.92 Å². The molecule has 0 aromatic heterocycles. The molecule has 5 heteroatoms. The predicted octanol–water partition coefficient (Wildman–Crippen LogP) is 3.44. The van der Waals surface area contributed by atoms with Crippen molar-refractivity contribution in [1.29, 1.82) is 0 Å². The maximum atomic E-state index is 6.13. The van der Waals surface area contributed by atoms with E-state index in [4.69, 9.17) is 9.47 Å². The highest BCUT2D eigenvalue weighted by Crippen LogP contribution is 2.31. The van der Waals surface area contributed by atoms with Crippen LogP contribution in [0.15, 0.2) is 22.7 Å². The molecule has 0 aliphatic carbocycles. The molecule has 2 heterocycles. The molecule has 0 spiro atoms. The zero-order chi connectivity index (χ0) is 16.8. The van der Waals surface area contributed by atoms with E-state index in [1.165, 1.54) is 18.4 Å². The fourth-order valence-electron chi connectivity index (χ4n) is 3.65. The molecule has 134 valence electrons. The molecule has 1 atom stereocenters. The van der Waals surface area contributed by atoms with Crippen molar-refractivity contribution >= 4 is 15.9 Å². The standard InChI is InChI=1S/C19H29BrN2O2/c1-22(12-15-7-9-21-10-8-15)13-16-4-2-6-18(20)19(16)24-14-17-5-3-11-23-17/h2,4,6,15,17,21H,3,5,7-14H2,1H3. The van der Waals surface area contributed by atoms with Crippen molar-refractivity contribution in [3.05, 3.63) is 28.2 Å². The molecular weight excluding hydrogens is 368 g/mol. The maximum Gasteiger partial charge on any atom is 0.138 e. The molecule has 1 aromatic rings. The molecule has 1 aromatic carbocycles. The van der Waals surface area contributed by atoms with Crippen molar-refractivity contribution in [2.45, 2.75) is 38.3 Å². The molecule has 2 aliphatic heterocycles. The zero-order valence-corrected chi connectivity index (χ0v) is 16.2. The van der Waals surface area contributed by atoms with E-state index in [0.717, 1.165) is 61.8 Å². The molecule has 1 unspecified atom stereocenters. The second-order valence-corrected chi connectivity index (χ2v) is 7.92. The van der Waals surface area contributed by atoms with Crippen LogP contribution in [0.2, 0.25) is 0 Å². The highest BCUT2D eigenvalue weighted by molar-refractivity contribution is 9.10. The Kier molecular flexibility index (Phi) is 6.95. The summed E-state index contributed by atoms with van der Waals surface area (Å²) in [5.41, 5.74) is 1.25. The van der Waals surface area contributed by atoms with Gasteiger partial charge in [0, 0.05) is 25.3 Å². The third-order valence-electron chi connectivity index (χ3n) is 4.95. The van der Waals surface area contributed by atoms with E-state index in [-0.39, 0.29) is 6.10 Å². The van der Waals surface area contributed by atoms with E-state index < -0.39 is 0 Å². The molecule has 1 N–H and O–H groups in total. The summed E-state index contributed by atoms with van der Waals surface area (Å²) in [7, 11) is 2.22. The van der Waals surface area contributed by atoms with Crippen molar-refractivity contribution in [3.8, 4) is 5.75 Å². The Morgan fingerprint density at radius 2 is 2.12 bits per heavy atom. The third-order valence-corrected chi connectivity index (χ3v) is 5.58. The van der Waals surface area contributed by atoms with Gasteiger partial charge in [0.1, 0.15) is 12.4 Å². The van der Waals surface area contributed by atoms with E-state index in [2.05, 4.69) is 51.4 Å². The van der Waals surface area contributed by atoms with Crippen LogP contribution in [0.5, 0.6) is 5.75 Å². The van der Waals surface area contributed by atoms with E-state index in [9.17, 15) is 0 Å². The molecular formula is C19H29BrN2O2. The van der Waals surface area contributed by atoms with Crippen LogP contribution in [0.25, 0.3) is 0 Å². The Morgan fingerprint density at radius 3 is 2.88 bits per heavy atom. The quantitative estimate of drug-likeness (QED) is 0.765. The van der Waals surface area contributed by atoms with Crippen LogP contribution in [0.4, 0.5) is 0 Å². The van der Waals surface area contributed by atoms with Gasteiger partial charge in [-0.1, -0.05) is 12.1 Å². The molecule has 0 saturated carbocycles. The Morgan fingerprint density at radius 1 is 1.29 bits per heavy atom. The number of ether oxygens (including phenoxy) is 2.